The third-order valence-electron chi connectivity index (χ3n) is 3.23. The molecule has 0 fully saturated rings. The smallest absolute Gasteiger partial charge is 0.127 e. The van der Waals surface area contributed by atoms with Gasteiger partial charge >= 0.3 is 0 Å². The summed E-state index contributed by atoms with van der Waals surface area (Å²) < 4.78 is 12.2. The monoisotopic (exact) mass is 369 g/mol. The third-order valence-corrected chi connectivity index (χ3v) is 4.92. The zero-order valence-electron chi connectivity index (χ0n) is 12.5. The van der Waals surface area contributed by atoms with Gasteiger partial charge in [-0.3, -0.25) is 0 Å². The Morgan fingerprint density at radius 3 is 2.29 bits per heavy atom. The van der Waals surface area contributed by atoms with E-state index in [0.717, 1.165) is 33.8 Å². The minimum atomic E-state index is 0.0624. The number of hydrogen-bond acceptors (Lipinski definition) is 4. The van der Waals surface area contributed by atoms with Crippen LogP contribution in [0.3, 0.4) is 0 Å². The summed E-state index contributed by atoms with van der Waals surface area (Å²) >= 11 is 5.26. The Balaban J connectivity index is 2.50. The van der Waals surface area contributed by atoms with E-state index in [4.69, 9.17) is 9.47 Å². The van der Waals surface area contributed by atoms with Crippen molar-refractivity contribution < 1.29 is 9.47 Å². The van der Waals surface area contributed by atoms with E-state index in [9.17, 15) is 0 Å². The molecule has 2 aromatic rings. The van der Waals surface area contributed by atoms with E-state index >= 15 is 0 Å². The molecule has 0 radical (unpaired) electrons. The molecule has 0 spiro atoms. The Bertz CT molecular complexity index is 563. The average Bonchev–Trinajstić information content (AvgIpc) is 2.94. The van der Waals surface area contributed by atoms with Gasteiger partial charge in [0.05, 0.1) is 29.6 Å². The summed E-state index contributed by atoms with van der Waals surface area (Å²) in [6.07, 6.45) is 1.07. The normalized spacial score (nSPS) is 12.2. The number of methoxy groups -OCH3 is 2. The quantitative estimate of drug-likeness (QED) is 0.772. The summed E-state index contributed by atoms with van der Waals surface area (Å²) in [5, 5.41) is 3.59. The maximum Gasteiger partial charge on any atom is 0.127 e. The molecular weight excluding hydrogens is 350 g/mol. The highest BCUT2D eigenvalue weighted by Crippen LogP contribution is 2.40. The van der Waals surface area contributed by atoms with Gasteiger partial charge in [-0.1, -0.05) is 13.0 Å². The van der Waals surface area contributed by atoms with Gasteiger partial charge in [0, 0.05) is 4.88 Å². The van der Waals surface area contributed by atoms with Crippen molar-refractivity contribution >= 4 is 27.3 Å². The summed E-state index contributed by atoms with van der Waals surface area (Å²) in [6, 6.07) is 10.2. The van der Waals surface area contributed by atoms with Crippen molar-refractivity contribution in [1.29, 1.82) is 0 Å². The first-order chi connectivity index (χ1) is 10.2. The van der Waals surface area contributed by atoms with Gasteiger partial charge in [0.2, 0.25) is 0 Å². The summed E-state index contributed by atoms with van der Waals surface area (Å²) in [5.74, 6) is 1.68. The van der Waals surface area contributed by atoms with Crippen LogP contribution in [0.4, 0.5) is 0 Å². The van der Waals surface area contributed by atoms with E-state index in [2.05, 4.69) is 40.3 Å². The Labute approximate surface area is 138 Å². The number of thiophene rings is 1. The lowest BCUT2D eigenvalue weighted by Gasteiger charge is -2.22. The molecule has 3 nitrogen and oxygen atoms in total. The molecule has 21 heavy (non-hydrogen) atoms. The molecule has 0 bridgehead atoms. The average molecular weight is 370 g/mol. The van der Waals surface area contributed by atoms with Crippen LogP contribution in [0.1, 0.15) is 29.8 Å². The van der Waals surface area contributed by atoms with Gasteiger partial charge in [0.1, 0.15) is 11.5 Å². The minimum Gasteiger partial charge on any atom is -0.496 e. The van der Waals surface area contributed by atoms with E-state index in [-0.39, 0.29) is 6.04 Å². The van der Waals surface area contributed by atoms with Crippen LogP contribution in [-0.4, -0.2) is 20.8 Å². The lowest BCUT2D eigenvalue weighted by Crippen LogP contribution is -2.23. The highest BCUT2D eigenvalue weighted by atomic mass is 79.9. The fraction of sp³-hybridized carbons (Fsp3) is 0.375. The molecule has 0 saturated heterocycles. The highest BCUT2D eigenvalue weighted by Gasteiger charge is 2.23. The van der Waals surface area contributed by atoms with Gasteiger partial charge in [0.15, 0.2) is 0 Å². The van der Waals surface area contributed by atoms with E-state index in [1.54, 1.807) is 25.6 Å². The fourth-order valence-electron chi connectivity index (χ4n) is 2.28. The molecule has 1 N–H and O–H groups in total. The Hall–Kier alpha value is -1.04. The van der Waals surface area contributed by atoms with Crippen molar-refractivity contribution in [2.45, 2.75) is 19.4 Å². The van der Waals surface area contributed by atoms with Crippen LogP contribution < -0.4 is 14.8 Å². The van der Waals surface area contributed by atoms with E-state index in [1.165, 1.54) is 4.88 Å². The van der Waals surface area contributed by atoms with Gasteiger partial charge in [0.25, 0.3) is 0 Å². The third kappa shape index (κ3) is 3.78. The second-order valence-electron chi connectivity index (χ2n) is 4.61. The van der Waals surface area contributed by atoms with Crippen LogP contribution >= 0.6 is 27.3 Å². The van der Waals surface area contributed by atoms with Gasteiger partial charge in [-0.05, 0) is 53.2 Å². The first kappa shape index (κ1) is 16.3. The fourth-order valence-corrected chi connectivity index (χ4v) is 3.79. The SMILES string of the molecule is CCCNC(c1ccc(Br)s1)c1c(OC)cccc1OC. The van der Waals surface area contributed by atoms with Crippen LogP contribution in [0, 0.1) is 0 Å². The van der Waals surface area contributed by atoms with Crippen LogP contribution in [0.25, 0.3) is 0 Å². The maximum absolute atomic E-state index is 5.55. The van der Waals surface area contributed by atoms with E-state index in [0.29, 0.717) is 0 Å². The Morgan fingerprint density at radius 1 is 1.14 bits per heavy atom. The number of halogens is 1. The number of nitrogens with one attached hydrogen (secondary N) is 1. The first-order valence-corrected chi connectivity index (χ1v) is 8.51. The van der Waals surface area contributed by atoms with E-state index in [1.807, 2.05) is 18.2 Å². The second-order valence-corrected chi connectivity index (χ2v) is 7.10. The lowest BCUT2D eigenvalue weighted by atomic mass is 10.0. The van der Waals surface area contributed by atoms with Gasteiger partial charge < -0.3 is 14.8 Å². The first-order valence-electron chi connectivity index (χ1n) is 6.90. The number of hydrogen-bond donors (Lipinski definition) is 1. The standard InChI is InChI=1S/C16H20BrNO2S/c1-4-10-18-16(13-8-9-14(17)21-13)15-11(19-2)6-5-7-12(15)20-3/h5-9,16,18H,4,10H2,1-3H3. The Morgan fingerprint density at radius 2 is 1.81 bits per heavy atom. The van der Waals surface area contributed by atoms with Gasteiger partial charge in [-0.15, -0.1) is 11.3 Å². The van der Waals surface area contributed by atoms with Crippen LogP contribution in [0.15, 0.2) is 34.1 Å². The molecule has 1 unspecified atom stereocenters. The van der Waals surface area contributed by atoms with Crippen LogP contribution in [-0.2, 0) is 0 Å². The number of rotatable bonds is 7. The predicted molar refractivity (Wildman–Crippen MR) is 91.7 cm³/mol. The van der Waals surface area contributed by atoms with Crippen molar-refractivity contribution in [2.75, 3.05) is 20.8 Å². The number of ether oxygens (including phenoxy) is 2. The molecular formula is C16H20BrNO2S. The molecule has 0 amide bonds. The lowest BCUT2D eigenvalue weighted by molar-refractivity contribution is 0.377. The molecule has 0 aliphatic rings. The molecule has 0 aliphatic carbocycles. The maximum atomic E-state index is 5.55. The Kier molecular flexibility index (Phi) is 6.08. The summed E-state index contributed by atoms with van der Waals surface area (Å²) in [5.41, 5.74) is 1.05. The highest BCUT2D eigenvalue weighted by molar-refractivity contribution is 9.11. The zero-order valence-corrected chi connectivity index (χ0v) is 14.9. The summed E-state index contributed by atoms with van der Waals surface area (Å²) in [7, 11) is 3.39. The van der Waals surface area contributed by atoms with Crippen molar-refractivity contribution in [3.05, 3.63) is 44.6 Å². The van der Waals surface area contributed by atoms with Gasteiger partial charge in [-0.2, -0.15) is 0 Å². The molecule has 0 aliphatic heterocycles. The van der Waals surface area contributed by atoms with Crippen LogP contribution in [0.2, 0.25) is 0 Å². The van der Waals surface area contributed by atoms with E-state index < -0.39 is 0 Å². The van der Waals surface area contributed by atoms with Crippen molar-refractivity contribution in [3.8, 4) is 11.5 Å². The predicted octanol–water partition coefficient (Wildman–Crippen LogP) is 4.62. The molecule has 0 saturated carbocycles. The zero-order chi connectivity index (χ0) is 15.2. The summed E-state index contributed by atoms with van der Waals surface area (Å²) in [4.78, 5) is 1.23. The molecule has 1 aromatic carbocycles. The topological polar surface area (TPSA) is 30.5 Å². The van der Waals surface area contributed by atoms with Crippen molar-refractivity contribution in [1.82, 2.24) is 5.32 Å². The molecule has 1 aromatic heterocycles. The molecule has 1 heterocycles. The molecule has 2 rings (SSSR count). The number of benzene rings is 1. The minimum absolute atomic E-state index is 0.0624. The molecule has 1 atom stereocenters. The van der Waals surface area contributed by atoms with Crippen molar-refractivity contribution in [2.24, 2.45) is 0 Å². The molecule has 5 heteroatoms. The summed E-state index contributed by atoms with van der Waals surface area (Å²) in [6.45, 7) is 3.09. The largest absolute Gasteiger partial charge is 0.496 e. The van der Waals surface area contributed by atoms with Gasteiger partial charge in [-0.25, -0.2) is 0 Å². The van der Waals surface area contributed by atoms with Crippen LogP contribution in [0.5, 0.6) is 11.5 Å². The second kappa shape index (κ2) is 7.82. The van der Waals surface area contributed by atoms with Crippen molar-refractivity contribution in [3.63, 3.8) is 0 Å². The molecule has 114 valence electrons.